The van der Waals surface area contributed by atoms with Crippen LogP contribution < -0.4 is 20.3 Å². The van der Waals surface area contributed by atoms with E-state index in [0.29, 0.717) is 42.0 Å². The Kier molecular flexibility index (Phi) is 7.76. The van der Waals surface area contributed by atoms with Gasteiger partial charge in [-0.05, 0) is 52.5 Å². The van der Waals surface area contributed by atoms with Gasteiger partial charge in [-0.1, -0.05) is 11.6 Å². The van der Waals surface area contributed by atoms with Gasteiger partial charge in [0.1, 0.15) is 11.7 Å². The van der Waals surface area contributed by atoms with Crippen molar-refractivity contribution in [1.82, 2.24) is 20.1 Å². The molecule has 2 aromatic rings. The predicted molar refractivity (Wildman–Crippen MR) is 157 cm³/mol. The van der Waals surface area contributed by atoms with Gasteiger partial charge in [0.15, 0.2) is 11.0 Å². The number of anilines is 3. The summed E-state index contributed by atoms with van der Waals surface area (Å²) in [7, 11) is 0. The van der Waals surface area contributed by atoms with Gasteiger partial charge in [0.25, 0.3) is 0 Å². The molecular weight excluding hydrogens is 546 g/mol. The summed E-state index contributed by atoms with van der Waals surface area (Å²) in [6, 6.07) is 6.67. The molecule has 11 nitrogen and oxygen atoms in total. The molecule has 3 aliphatic heterocycles. The number of nitrogen functional groups attached to an aromatic ring is 1. The summed E-state index contributed by atoms with van der Waals surface area (Å²) in [5.74, 6) is 1.07. The van der Waals surface area contributed by atoms with Gasteiger partial charge in [0.05, 0.1) is 17.9 Å². The van der Waals surface area contributed by atoms with Crippen molar-refractivity contribution < 1.29 is 19.0 Å². The van der Waals surface area contributed by atoms with Crippen LogP contribution in [-0.2, 0) is 9.47 Å². The van der Waals surface area contributed by atoms with Crippen LogP contribution in [0.4, 0.5) is 22.0 Å². The number of hydrogen-bond acceptors (Lipinski definition) is 10. The highest BCUT2D eigenvalue weighted by atomic mass is 35.5. The van der Waals surface area contributed by atoms with Crippen LogP contribution in [0.1, 0.15) is 59.3 Å². The first-order valence-corrected chi connectivity index (χ1v) is 15.1. The number of nitrogens with two attached hydrogens (primary N) is 1. The van der Waals surface area contributed by atoms with Crippen molar-refractivity contribution in [3.8, 4) is 5.88 Å². The quantitative estimate of drug-likeness (QED) is 0.525. The molecule has 0 unspecified atom stereocenters. The molecule has 0 spiro atoms. The highest BCUT2D eigenvalue weighted by Crippen LogP contribution is 2.39. The molecule has 41 heavy (non-hydrogen) atoms. The molecule has 4 aliphatic rings. The summed E-state index contributed by atoms with van der Waals surface area (Å²) in [6.45, 7) is 8.70. The van der Waals surface area contributed by atoms with Gasteiger partial charge < -0.3 is 34.6 Å². The zero-order valence-electron chi connectivity index (χ0n) is 24.0. The Morgan fingerprint density at radius 1 is 1.00 bits per heavy atom. The van der Waals surface area contributed by atoms with Crippen LogP contribution in [0.15, 0.2) is 24.4 Å². The molecule has 1 amide bonds. The van der Waals surface area contributed by atoms with Gasteiger partial charge in [-0.3, -0.25) is 0 Å². The number of likely N-dealkylation sites (tertiary alicyclic amines) is 1. The second-order valence-corrected chi connectivity index (χ2v) is 13.0. The van der Waals surface area contributed by atoms with Crippen molar-refractivity contribution in [2.45, 2.75) is 95.3 Å². The normalized spacial score (nSPS) is 26.6. The number of nitrogens with zero attached hydrogens (tertiary/aromatic N) is 6. The molecule has 3 saturated heterocycles. The zero-order chi connectivity index (χ0) is 28.7. The van der Waals surface area contributed by atoms with Crippen LogP contribution in [-0.4, -0.2) is 88.4 Å². The summed E-state index contributed by atoms with van der Waals surface area (Å²) in [5, 5.41) is 8.21. The lowest BCUT2D eigenvalue weighted by Gasteiger charge is -2.43. The van der Waals surface area contributed by atoms with Gasteiger partial charge >= 0.3 is 6.09 Å². The Balaban J connectivity index is 0.976. The smallest absolute Gasteiger partial charge is 0.410 e. The third-order valence-corrected chi connectivity index (χ3v) is 8.61. The van der Waals surface area contributed by atoms with Crippen molar-refractivity contribution in [3.05, 3.63) is 29.5 Å². The number of rotatable bonds is 6. The number of amides is 1. The third-order valence-electron chi connectivity index (χ3n) is 8.43. The maximum atomic E-state index is 12.3. The molecule has 2 N–H and O–H groups in total. The van der Waals surface area contributed by atoms with E-state index in [9.17, 15) is 4.79 Å². The SMILES string of the molecule is CC(C)(C)OC(=O)N1CCC(OC2CC(Oc3cc(N4[C@@H]5CC[C@@H]4CN(c4cc(Cl)nnc4N)C5)ccn3)C2)CC1. The van der Waals surface area contributed by atoms with Crippen molar-refractivity contribution in [1.29, 1.82) is 0 Å². The number of ether oxygens (including phenoxy) is 3. The molecule has 4 fully saturated rings. The van der Waals surface area contributed by atoms with Crippen molar-refractivity contribution in [2.75, 3.05) is 41.7 Å². The summed E-state index contributed by atoms with van der Waals surface area (Å²) in [6.07, 6.45) is 7.66. The second kappa shape index (κ2) is 11.3. The molecule has 6 rings (SSSR count). The van der Waals surface area contributed by atoms with Gasteiger partial charge in [-0.15, -0.1) is 10.2 Å². The van der Waals surface area contributed by atoms with Gasteiger partial charge in [0, 0.05) is 75.1 Å². The van der Waals surface area contributed by atoms with E-state index >= 15 is 0 Å². The number of fused-ring (bicyclic) bond motifs is 2. The van der Waals surface area contributed by atoms with Crippen molar-refractivity contribution in [2.24, 2.45) is 0 Å². The van der Waals surface area contributed by atoms with E-state index < -0.39 is 5.60 Å². The van der Waals surface area contributed by atoms with Crippen LogP contribution >= 0.6 is 11.6 Å². The minimum atomic E-state index is -0.475. The minimum absolute atomic E-state index is 0.102. The van der Waals surface area contributed by atoms with Crippen molar-refractivity contribution in [3.63, 3.8) is 0 Å². The number of carbonyl (C=O) groups is 1. The lowest BCUT2D eigenvalue weighted by atomic mass is 9.91. The van der Waals surface area contributed by atoms with E-state index in [-0.39, 0.29) is 24.4 Å². The van der Waals surface area contributed by atoms with E-state index in [1.54, 1.807) is 11.0 Å². The number of pyridine rings is 1. The average Bonchev–Trinajstić information content (AvgIpc) is 3.17. The van der Waals surface area contributed by atoms with E-state index in [1.807, 2.05) is 27.0 Å². The first-order valence-electron chi connectivity index (χ1n) is 14.7. The largest absolute Gasteiger partial charge is 0.474 e. The van der Waals surface area contributed by atoms with Crippen LogP contribution in [0.5, 0.6) is 5.88 Å². The molecule has 2 bridgehead atoms. The lowest BCUT2D eigenvalue weighted by molar-refractivity contribution is -0.110. The highest BCUT2D eigenvalue weighted by Gasteiger charge is 2.41. The predicted octanol–water partition coefficient (Wildman–Crippen LogP) is 4.29. The molecule has 0 radical (unpaired) electrons. The Bertz CT molecular complexity index is 1230. The molecule has 12 heteroatoms. The Morgan fingerprint density at radius 3 is 2.39 bits per heavy atom. The summed E-state index contributed by atoms with van der Waals surface area (Å²) in [5.41, 5.74) is 7.64. The topological polar surface area (TPSA) is 119 Å². The number of piperazine rings is 1. The molecule has 1 saturated carbocycles. The molecule has 2 aromatic heterocycles. The summed E-state index contributed by atoms with van der Waals surface area (Å²) >= 11 is 6.10. The lowest BCUT2D eigenvalue weighted by Crippen LogP contribution is -2.54. The summed E-state index contributed by atoms with van der Waals surface area (Å²) < 4.78 is 18.1. The monoisotopic (exact) mass is 585 g/mol. The maximum Gasteiger partial charge on any atom is 0.410 e. The first-order chi connectivity index (χ1) is 19.6. The number of aromatic nitrogens is 3. The third kappa shape index (κ3) is 6.40. The van der Waals surface area contributed by atoms with E-state index in [1.165, 1.54) is 0 Å². The number of hydrogen-bond donors (Lipinski definition) is 1. The van der Waals surface area contributed by atoms with Gasteiger partial charge in [0.2, 0.25) is 5.88 Å². The molecule has 1 aliphatic carbocycles. The van der Waals surface area contributed by atoms with Gasteiger partial charge in [-0.25, -0.2) is 9.78 Å². The standard InChI is InChI=1S/C29H40ClN7O4/c1-29(2,3)41-28(38)35-10-7-21(8-11-35)39-22-13-23(14-22)40-26-12-18(6-9-32-26)37-19-4-5-20(37)17-36(16-19)24-15-25(30)33-34-27(24)31/h6,9,12,15,19-23H,4-5,7-8,10-11,13-14,16-17H2,1-3H3,(H2,31,34)/t19-,20-,22?,23?/m1/s1. The van der Waals surface area contributed by atoms with Crippen LogP contribution in [0, 0.1) is 0 Å². The van der Waals surface area contributed by atoms with Crippen LogP contribution in [0.3, 0.4) is 0 Å². The number of piperidine rings is 1. The summed E-state index contributed by atoms with van der Waals surface area (Å²) in [4.78, 5) is 23.4. The first kappa shape index (κ1) is 28.1. The Hall–Kier alpha value is -3.05. The van der Waals surface area contributed by atoms with E-state index in [2.05, 4.69) is 37.1 Å². The Morgan fingerprint density at radius 2 is 1.71 bits per heavy atom. The van der Waals surface area contributed by atoms with Gasteiger partial charge in [-0.2, -0.15) is 0 Å². The van der Waals surface area contributed by atoms with Crippen molar-refractivity contribution >= 4 is 34.9 Å². The number of halogens is 1. The maximum absolute atomic E-state index is 12.3. The van der Waals surface area contributed by atoms with Crippen LogP contribution in [0.25, 0.3) is 0 Å². The van der Waals surface area contributed by atoms with E-state index in [4.69, 9.17) is 31.5 Å². The number of carbonyl (C=O) groups excluding carboxylic acids is 1. The van der Waals surface area contributed by atoms with E-state index in [0.717, 1.165) is 63.0 Å². The molecule has 0 aromatic carbocycles. The fourth-order valence-electron chi connectivity index (χ4n) is 6.44. The second-order valence-electron chi connectivity index (χ2n) is 12.6. The fraction of sp³-hybridized carbons (Fsp3) is 0.655. The Labute approximate surface area is 246 Å². The fourth-order valence-corrected chi connectivity index (χ4v) is 6.58. The molecular formula is C29H40ClN7O4. The molecule has 222 valence electrons. The zero-order valence-corrected chi connectivity index (χ0v) is 24.8. The molecule has 2 atom stereocenters. The molecule has 5 heterocycles. The highest BCUT2D eigenvalue weighted by molar-refractivity contribution is 6.29. The average molecular weight is 586 g/mol. The minimum Gasteiger partial charge on any atom is -0.474 e. The van der Waals surface area contributed by atoms with Crippen LogP contribution in [0.2, 0.25) is 5.15 Å².